The normalized spacial score (nSPS) is 11.0. The number of ether oxygens (including phenoxy) is 2. The highest BCUT2D eigenvalue weighted by atomic mass is 32.1. The number of imidazole rings is 1. The van der Waals surface area contributed by atoms with Crippen molar-refractivity contribution in [3.63, 3.8) is 0 Å². The van der Waals surface area contributed by atoms with Gasteiger partial charge < -0.3 is 14.0 Å². The van der Waals surface area contributed by atoms with Crippen LogP contribution in [0.15, 0.2) is 55.1 Å². The van der Waals surface area contributed by atoms with Gasteiger partial charge in [0.25, 0.3) is 5.91 Å². The molecule has 4 aromatic rings. The molecule has 4 rings (SSSR count). The molecule has 0 radical (unpaired) electrons. The van der Waals surface area contributed by atoms with Gasteiger partial charge in [-0.1, -0.05) is 17.4 Å². The van der Waals surface area contributed by atoms with Gasteiger partial charge in [-0.25, -0.2) is 9.97 Å². The van der Waals surface area contributed by atoms with E-state index in [0.717, 1.165) is 23.2 Å². The zero-order chi connectivity index (χ0) is 23.2. The van der Waals surface area contributed by atoms with Crippen molar-refractivity contribution in [2.75, 3.05) is 24.7 Å². The van der Waals surface area contributed by atoms with E-state index in [2.05, 4.69) is 18.0 Å². The number of carbonyl (C=O) groups excluding carboxylic acids is 1. The fraction of sp³-hybridized carbons (Fsp3) is 0.320. The Morgan fingerprint density at radius 3 is 2.67 bits per heavy atom. The first-order valence-electron chi connectivity index (χ1n) is 11.1. The molecular formula is C25H28N4O3S. The van der Waals surface area contributed by atoms with Crippen LogP contribution in [0.25, 0.3) is 10.2 Å². The average Bonchev–Trinajstić information content (AvgIpc) is 3.47. The predicted octanol–water partition coefficient (Wildman–Crippen LogP) is 5.34. The van der Waals surface area contributed by atoms with E-state index in [9.17, 15) is 4.79 Å². The third-order valence-electron chi connectivity index (χ3n) is 5.16. The maximum absolute atomic E-state index is 13.7. The minimum atomic E-state index is -0.111. The van der Waals surface area contributed by atoms with Gasteiger partial charge in [0.1, 0.15) is 0 Å². The molecule has 0 atom stereocenters. The van der Waals surface area contributed by atoms with Gasteiger partial charge in [0.2, 0.25) is 0 Å². The van der Waals surface area contributed by atoms with Gasteiger partial charge in [-0.15, -0.1) is 0 Å². The summed E-state index contributed by atoms with van der Waals surface area (Å²) in [5.41, 5.74) is 2.61. The fourth-order valence-corrected chi connectivity index (χ4v) is 4.68. The van der Waals surface area contributed by atoms with Crippen molar-refractivity contribution in [2.45, 2.75) is 33.7 Å². The topological polar surface area (TPSA) is 69.5 Å². The number of hydrogen-bond acceptors (Lipinski definition) is 6. The summed E-state index contributed by atoms with van der Waals surface area (Å²) in [5.74, 6) is 1.10. The third-order valence-corrected chi connectivity index (χ3v) is 6.20. The fourth-order valence-electron chi connectivity index (χ4n) is 3.59. The van der Waals surface area contributed by atoms with Crippen LogP contribution in [0.3, 0.4) is 0 Å². The molecule has 0 N–H and O–H groups in total. The van der Waals surface area contributed by atoms with Crippen LogP contribution in [0.5, 0.6) is 11.5 Å². The minimum Gasteiger partial charge on any atom is -0.490 e. The SMILES string of the molecule is CCOc1ccc(C(=O)N(CCCn2ccnc2)c2nc3ccc(C)cc3s2)cc1OCC. The molecule has 2 heterocycles. The maximum atomic E-state index is 13.7. The molecule has 2 aromatic carbocycles. The largest absolute Gasteiger partial charge is 0.490 e. The quantitative estimate of drug-likeness (QED) is 0.317. The molecule has 0 spiro atoms. The zero-order valence-electron chi connectivity index (χ0n) is 19.2. The molecule has 0 bridgehead atoms. The summed E-state index contributed by atoms with van der Waals surface area (Å²) < 4.78 is 14.5. The number of amides is 1. The van der Waals surface area contributed by atoms with Crippen LogP contribution in [0.2, 0.25) is 0 Å². The van der Waals surface area contributed by atoms with Crippen LogP contribution in [0, 0.1) is 6.92 Å². The summed E-state index contributed by atoms with van der Waals surface area (Å²) >= 11 is 1.54. The molecule has 172 valence electrons. The van der Waals surface area contributed by atoms with E-state index in [1.165, 1.54) is 16.9 Å². The first kappa shape index (κ1) is 22.8. The minimum absolute atomic E-state index is 0.111. The highest BCUT2D eigenvalue weighted by Gasteiger charge is 2.22. The molecule has 0 aliphatic heterocycles. The monoisotopic (exact) mass is 464 g/mol. The Morgan fingerprint density at radius 1 is 1.09 bits per heavy atom. The second kappa shape index (κ2) is 10.5. The molecule has 0 unspecified atom stereocenters. The van der Waals surface area contributed by atoms with Gasteiger partial charge in [0, 0.05) is 31.0 Å². The van der Waals surface area contributed by atoms with Crippen LogP contribution in [-0.4, -0.2) is 40.2 Å². The first-order valence-corrected chi connectivity index (χ1v) is 11.9. The van der Waals surface area contributed by atoms with Gasteiger partial charge >= 0.3 is 0 Å². The number of aromatic nitrogens is 3. The first-order chi connectivity index (χ1) is 16.1. The highest BCUT2D eigenvalue weighted by molar-refractivity contribution is 7.22. The van der Waals surface area contributed by atoms with E-state index in [-0.39, 0.29) is 5.91 Å². The van der Waals surface area contributed by atoms with Crippen molar-refractivity contribution < 1.29 is 14.3 Å². The second-order valence-electron chi connectivity index (χ2n) is 7.61. The van der Waals surface area contributed by atoms with Crippen molar-refractivity contribution in [3.8, 4) is 11.5 Å². The lowest BCUT2D eigenvalue weighted by molar-refractivity contribution is 0.0985. The van der Waals surface area contributed by atoms with E-state index < -0.39 is 0 Å². The van der Waals surface area contributed by atoms with E-state index in [1.54, 1.807) is 35.6 Å². The maximum Gasteiger partial charge on any atom is 0.260 e. The van der Waals surface area contributed by atoms with Crippen molar-refractivity contribution in [1.29, 1.82) is 0 Å². The lowest BCUT2D eigenvalue weighted by Crippen LogP contribution is -2.32. The van der Waals surface area contributed by atoms with Gasteiger partial charge in [-0.2, -0.15) is 0 Å². The standard InChI is InChI=1S/C25H28N4O3S/c1-4-31-21-10-8-19(16-22(21)32-5-2)24(30)29(13-6-12-28-14-11-26-17-28)25-27-20-9-7-18(3)15-23(20)33-25/h7-11,14-17H,4-6,12-13H2,1-3H3. The van der Waals surface area contributed by atoms with Crippen LogP contribution in [0.1, 0.15) is 36.2 Å². The number of anilines is 1. The summed E-state index contributed by atoms with van der Waals surface area (Å²) in [6.45, 7) is 8.21. The van der Waals surface area contributed by atoms with Crippen molar-refractivity contribution >= 4 is 32.6 Å². The Morgan fingerprint density at radius 2 is 1.91 bits per heavy atom. The molecule has 8 heteroatoms. The molecule has 33 heavy (non-hydrogen) atoms. The Hall–Kier alpha value is -3.39. The average molecular weight is 465 g/mol. The summed E-state index contributed by atoms with van der Waals surface area (Å²) in [6.07, 6.45) is 6.24. The number of nitrogens with zero attached hydrogens (tertiary/aromatic N) is 4. The van der Waals surface area contributed by atoms with E-state index in [4.69, 9.17) is 14.5 Å². The van der Waals surface area contributed by atoms with Crippen LogP contribution >= 0.6 is 11.3 Å². The summed E-state index contributed by atoms with van der Waals surface area (Å²) in [5, 5.41) is 0.693. The lowest BCUT2D eigenvalue weighted by atomic mass is 10.1. The smallest absolute Gasteiger partial charge is 0.260 e. The number of aryl methyl sites for hydroxylation is 2. The van der Waals surface area contributed by atoms with E-state index >= 15 is 0 Å². The third kappa shape index (κ3) is 5.34. The second-order valence-corrected chi connectivity index (χ2v) is 8.62. The molecule has 0 aliphatic carbocycles. The Bertz CT molecular complexity index is 1220. The number of thiazole rings is 1. The van der Waals surface area contributed by atoms with Gasteiger partial charge in [0.05, 0.1) is 29.8 Å². The van der Waals surface area contributed by atoms with Gasteiger partial charge in [-0.05, 0) is 63.1 Å². The molecule has 2 aromatic heterocycles. The molecule has 0 saturated heterocycles. The Kier molecular flexibility index (Phi) is 7.24. The molecule has 0 aliphatic rings. The Labute approximate surface area is 197 Å². The van der Waals surface area contributed by atoms with Gasteiger partial charge in [0.15, 0.2) is 16.6 Å². The Balaban J connectivity index is 1.65. The molecule has 7 nitrogen and oxygen atoms in total. The number of benzene rings is 2. The van der Waals surface area contributed by atoms with Crippen LogP contribution in [-0.2, 0) is 6.54 Å². The number of fused-ring (bicyclic) bond motifs is 1. The number of hydrogen-bond donors (Lipinski definition) is 0. The molecular weight excluding hydrogens is 436 g/mol. The van der Waals surface area contributed by atoms with E-state index in [0.29, 0.717) is 42.0 Å². The highest BCUT2D eigenvalue weighted by Crippen LogP contribution is 2.33. The van der Waals surface area contributed by atoms with Crippen LogP contribution in [0.4, 0.5) is 5.13 Å². The number of rotatable bonds is 10. The molecule has 0 saturated carbocycles. The van der Waals surface area contributed by atoms with Crippen molar-refractivity contribution in [2.24, 2.45) is 0 Å². The number of carbonyl (C=O) groups is 1. The summed E-state index contributed by atoms with van der Waals surface area (Å²) in [7, 11) is 0. The van der Waals surface area contributed by atoms with Crippen molar-refractivity contribution in [1.82, 2.24) is 14.5 Å². The zero-order valence-corrected chi connectivity index (χ0v) is 20.0. The molecule has 0 fully saturated rings. The van der Waals surface area contributed by atoms with Crippen LogP contribution < -0.4 is 14.4 Å². The predicted molar refractivity (Wildman–Crippen MR) is 132 cm³/mol. The van der Waals surface area contributed by atoms with E-state index in [1.807, 2.05) is 36.7 Å². The summed E-state index contributed by atoms with van der Waals surface area (Å²) in [4.78, 5) is 24.3. The van der Waals surface area contributed by atoms with Crippen molar-refractivity contribution in [3.05, 3.63) is 66.2 Å². The molecule has 1 amide bonds. The summed E-state index contributed by atoms with van der Waals surface area (Å²) in [6, 6.07) is 11.5. The van der Waals surface area contributed by atoms with Gasteiger partial charge in [-0.3, -0.25) is 9.69 Å². The lowest BCUT2D eigenvalue weighted by Gasteiger charge is -2.21.